The van der Waals surface area contributed by atoms with Crippen molar-refractivity contribution in [1.29, 1.82) is 0 Å². The monoisotopic (exact) mass is 431 g/mol. The number of rotatable bonds is 4. The maximum atomic E-state index is 10.6. The first kappa shape index (κ1) is 20.9. The maximum Gasteiger partial charge on any atom is 0.490 e. The molecule has 4 N–H and O–H groups in total. The van der Waals surface area contributed by atoms with Gasteiger partial charge in [0.1, 0.15) is 5.82 Å². The van der Waals surface area contributed by atoms with E-state index in [-0.39, 0.29) is 0 Å². The number of nitrogens with one attached hydrogen (secondary N) is 3. The molecule has 0 saturated heterocycles. The molecule has 3 heterocycles. The summed E-state index contributed by atoms with van der Waals surface area (Å²) < 4.78 is 31.7. The average molecular weight is 431 g/mol. The lowest BCUT2D eigenvalue weighted by molar-refractivity contribution is -0.192. The molecule has 0 spiro atoms. The number of imidazole rings is 1. The van der Waals surface area contributed by atoms with Crippen LogP contribution in [0.15, 0.2) is 36.5 Å². The summed E-state index contributed by atoms with van der Waals surface area (Å²) in [6, 6.07) is 11.6. The van der Waals surface area contributed by atoms with Crippen LogP contribution in [0, 0.1) is 6.92 Å². The van der Waals surface area contributed by atoms with Crippen molar-refractivity contribution in [3.05, 3.63) is 47.9 Å². The van der Waals surface area contributed by atoms with Crippen LogP contribution in [0.4, 0.5) is 13.2 Å². The van der Waals surface area contributed by atoms with E-state index >= 15 is 0 Å². The van der Waals surface area contributed by atoms with E-state index in [1.807, 2.05) is 19.2 Å². The zero-order chi connectivity index (χ0) is 22.2. The molecule has 1 saturated carbocycles. The van der Waals surface area contributed by atoms with E-state index in [4.69, 9.17) is 9.90 Å². The lowest BCUT2D eigenvalue weighted by Gasteiger charge is -2.02. The normalized spacial score (nSPS) is 13.9. The molecule has 1 fully saturated rings. The first-order valence-corrected chi connectivity index (χ1v) is 9.67. The molecule has 3 aromatic heterocycles. The number of carboxylic acid groups (broad SMARTS) is 1. The number of aromatic nitrogens is 4. The van der Waals surface area contributed by atoms with Crippen LogP contribution in [0.1, 0.15) is 24.2 Å². The van der Waals surface area contributed by atoms with Crippen molar-refractivity contribution >= 4 is 28.0 Å². The third-order valence-corrected chi connectivity index (χ3v) is 4.90. The molecule has 0 radical (unpaired) electrons. The van der Waals surface area contributed by atoms with Crippen LogP contribution in [0.3, 0.4) is 0 Å². The number of pyridine rings is 1. The summed E-state index contributed by atoms with van der Waals surface area (Å²) in [5, 5.41) is 11.9. The Morgan fingerprint density at radius 1 is 1.23 bits per heavy atom. The van der Waals surface area contributed by atoms with Gasteiger partial charge in [0, 0.05) is 40.9 Å². The number of carboxylic acids is 1. The molecule has 1 aromatic carbocycles. The topological polar surface area (TPSA) is 107 Å². The average Bonchev–Trinajstić information content (AvgIpc) is 3.31. The van der Waals surface area contributed by atoms with Crippen LogP contribution in [0.25, 0.3) is 33.3 Å². The summed E-state index contributed by atoms with van der Waals surface area (Å²) in [6.45, 7) is 2.90. The molecular formula is C21H20F3N5O2. The van der Waals surface area contributed by atoms with E-state index in [2.05, 4.69) is 49.5 Å². The Bertz CT molecular complexity index is 1240. The number of aliphatic carboxylic acids is 1. The molecule has 31 heavy (non-hydrogen) atoms. The van der Waals surface area contributed by atoms with Gasteiger partial charge in [-0.3, -0.25) is 0 Å². The minimum atomic E-state index is -5.08. The number of H-pyrrole nitrogens is 2. The van der Waals surface area contributed by atoms with Crippen LogP contribution in [0.2, 0.25) is 0 Å². The van der Waals surface area contributed by atoms with Crippen molar-refractivity contribution < 1.29 is 23.1 Å². The minimum absolute atomic E-state index is 0.733. The summed E-state index contributed by atoms with van der Waals surface area (Å²) in [6.07, 6.45) is -0.634. The van der Waals surface area contributed by atoms with Crippen molar-refractivity contribution in [2.24, 2.45) is 0 Å². The van der Waals surface area contributed by atoms with Crippen LogP contribution in [-0.4, -0.2) is 43.2 Å². The quantitative estimate of drug-likeness (QED) is 0.386. The molecule has 7 nitrogen and oxygen atoms in total. The van der Waals surface area contributed by atoms with Crippen molar-refractivity contribution in [2.45, 2.75) is 38.5 Å². The number of hydrogen-bond donors (Lipinski definition) is 4. The zero-order valence-electron chi connectivity index (χ0n) is 16.5. The molecule has 5 rings (SSSR count). The van der Waals surface area contributed by atoms with E-state index in [1.54, 1.807) is 0 Å². The highest BCUT2D eigenvalue weighted by atomic mass is 19.4. The van der Waals surface area contributed by atoms with Gasteiger partial charge in [-0.25, -0.2) is 14.8 Å². The zero-order valence-corrected chi connectivity index (χ0v) is 16.5. The van der Waals surface area contributed by atoms with Crippen molar-refractivity contribution in [2.75, 3.05) is 0 Å². The molecule has 4 aromatic rings. The van der Waals surface area contributed by atoms with Gasteiger partial charge in [-0.15, -0.1) is 0 Å². The summed E-state index contributed by atoms with van der Waals surface area (Å²) in [4.78, 5) is 24.5. The summed E-state index contributed by atoms with van der Waals surface area (Å²) >= 11 is 0. The largest absolute Gasteiger partial charge is 0.490 e. The fraction of sp³-hybridized carbons (Fsp3) is 0.286. The third kappa shape index (κ3) is 4.85. The number of halogens is 3. The van der Waals surface area contributed by atoms with Gasteiger partial charge in [-0.1, -0.05) is 6.07 Å². The second-order valence-electron chi connectivity index (χ2n) is 7.44. The second kappa shape index (κ2) is 8.03. The van der Waals surface area contributed by atoms with Gasteiger partial charge >= 0.3 is 12.1 Å². The molecule has 1 aliphatic rings. The van der Waals surface area contributed by atoms with E-state index in [0.717, 1.165) is 46.3 Å². The Morgan fingerprint density at radius 3 is 2.65 bits per heavy atom. The molecular weight excluding hydrogens is 411 g/mol. The molecule has 0 unspecified atom stereocenters. The molecule has 10 heteroatoms. The number of benzene rings is 1. The van der Waals surface area contributed by atoms with Gasteiger partial charge < -0.3 is 20.4 Å². The summed E-state index contributed by atoms with van der Waals surface area (Å²) in [7, 11) is 0. The van der Waals surface area contributed by atoms with Gasteiger partial charge in [0.15, 0.2) is 5.65 Å². The van der Waals surface area contributed by atoms with Gasteiger partial charge in [-0.2, -0.15) is 13.2 Å². The SMILES string of the molecule is Cc1nc2nccc(-c3cc4cc(CNC5CC5)ccc4[nH]3)c2[nH]1.O=C(O)C(F)(F)F. The number of carbonyl (C=O) groups is 1. The van der Waals surface area contributed by atoms with E-state index in [0.29, 0.717) is 0 Å². The smallest absolute Gasteiger partial charge is 0.475 e. The Labute approximate surface area is 174 Å². The lowest BCUT2D eigenvalue weighted by atomic mass is 10.1. The predicted octanol–water partition coefficient (Wildman–Crippen LogP) is 4.30. The Balaban J connectivity index is 0.000000289. The summed E-state index contributed by atoms with van der Waals surface area (Å²) in [5.74, 6) is -1.87. The number of fused-ring (bicyclic) bond motifs is 2. The molecule has 0 amide bonds. The highest BCUT2D eigenvalue weighted by Gasteiger charge is 2.38. The highest BCUT2D eigenvalue weighted by Crippen LogP contribution is 2.29. The highest BCUT2D eigenvalue weighted by molar-refractivity contribution is 5.94. The molecule has 1 aliphatic carbocycles. The number of aryl methyl sites for hydroxylation is 1. The molecule has 0 atom stereocenters. The second-order valence-corrected chi connectivity index (χ2v) is 7.44. The Morgan fingerprint density at radius 2 is 1.97 bits per heavy atom. The minimum Gasteiger partial charge on any atom is -0.475 e. The first-order valence-electron chi connectivity index (χ1n) is 9.67. The van der Waals surface area contributed by atoms with Gasteiger partial charge in [-0.05, 0) is 49.6 Å². The van der Waals surface area contributed by atoms with Crippen molar-refractivity contribution in [3.8, 4) is 11.3 Å². The predicted molar refractivity (Wildman–Crippen MR) is 109 cm³/mol. The van der Waals surface area contributed by atoms with Crippen molar-refractivity contribution in [1.82, 2.24) is 25.3 Å². The number of nitrogens with zero attached hydrogens (tertiary/aromatic N) is 2. The van der Waals surface area contributed by atoms with Crippen LogP contribution < -0.4 is 5.32 Å². The van der Waals surface area contributed by atoms with E-state index < -0.39 is 12.1 Å². The Hall–Kier alpha value is -3.40. The number of hydrogen-bond acceptors (Lipinski definition) is 4. The van der Waals surface area contributed by atoms with Gasteiger partial charge in [0.2, 0.25) is 0 Å². The van der Waals surface area contributed by atoms with E-state index in [9.17, 15) is 13.2 Å². The fourth-order valence-corrected chi connectivity index (χ4v) is 3.24. The molecule has 162 valence electrons. The van der Waals surface area contributed by atoms with Crippen LogP contribution in [-0.2, 0) is 11.3 Å². The summed E-state index contributed by atoms with van der Waals surface area (Å²) in [5.41, 5.74) is 6.43. The van der Waals surface area contributed by atoms with Gasteiger partial charge in [0.25, 0.3) is 0 Å². The maximum absolute atomic E-state index is 10.6. The fourth-order valence-electron chi connectivity index (χ4n) is 3.24. The van der Waals surface area contributed by atoms with Crippen LogP contribution >= 0.6 is 0 Å². The number of aromatic amines is 2. The molecule has 0 aliphatic heterocycles. The Kier molecular flexibility index (Phi) is 5.40. The van der Waals surface area contributed by atoms with Gasteiger partial charge in [0.05, 0.1) is 5.52 Å². The first-order chi connectivity index (χ1) is 14.7. The van der Waals surface area contributed by atoms with Crippen molar-refractivity contribution in [3.63, 3.8) is 0 Å². The molecule has 0 bridgehead atoms. The number of alkyl halides is 3. The lowest BCUT2D eigenvalue weighted by Crippen LogP contribution is -2.21. The van der Waals surface area contributed by atoms with Crippen LogP contribution in [0.5, 0.6) is 0 Å². The third-order valence-electron chi connectivity index (χ3n) is 4.90. The van der Waals surface area contributed by atoms with E-state index in [1.165, 1.54) is 23.8 Å². The standard InChI is InChI=1S/C19H19N5.C2HF3O2/c1-11-22-18-15(6-7-20-19(18)23-11)17-9-13-8-12(2-5-16(13)24-17)10-21-14-3-4-14;3-2(4,5)1(6)7/h2,5-9,14,21,24H,3-4,10H2,1H3,(H,20,22,23);(H,6,7).